The third-order valence-electron chi connectivity index (χ3n) is 7.64. The van der Waals surface area contributed by atoms with Crippen LogP contribution in [0.2, 0.25) is 5.02 Å². The molecule has 7 rings (SSSR count). The lowest BCUT2D eigenvalue weighted by atomic mass is 10.0. The van der Waals surface area contributed by atoms with Gasteiger partial charge in [-0.05, 0) is 49.8 Å². The van der Waals surface area contributed by atoms with Crippen LogP contribution in [-0.4, -0.2) is 55.0 Å². The van der Waals surface area contributed by atoms with E-state index in [4.69, 9.17) is 31.2 Å². The van der Waals surface area contributed by atoms with E-state index in [0.717, 1.165) is 98.9 Å². The number of ether oxygens (including phenoxy) is 2. The first kappa shape index (κ1) is 22.3. The molecule has 2 fully saturated rings. The van der Waals surface area contributed by atoms with Crippen LogP contribution >= 0.6 is 11.6 Å². The third-order valence-corrected chi connectivity index (χ3v) is 7.88. The predicted molar refractivity (Wildman–Crippen MR) is 136 cm³/mol. The molecule has 4 aromatic rings. The highest BCUT2D eigenvalue weighted by Gasteiger charge is 2.27. The Kier molecular flexibility index (Phi) is 5.68. The van der Waals surface area contributed by atoms with Gasteiger partial charge in [0.05, 0.1) is 41.6 Å². The molecule has 9 heteroatoms. The van der Waals surface area contributed by atoms with Crippen LogP contribution in [0.15, 0.2) is 43.1 Å². The number of imidazole rings is 1. The van der Waals surface area contributed by atoms with Crippen molar-refractivity contribution in [1.29, 1.82) is 0 Å². The predicted octanol–water partition coefficient (Wildman–Crippen LogP) is 4.76. The monoisotopic (exact) mass is 504 g/mol. The molecule has 0 radical (unpaired) electrons. The van der Waals surface area contributed by atoms with Gasteiger partial charge < -0.3 is 14.0 Å². The summed E-state index contributed by atoms with van der Waals surface area (Å²) in [7, 11) is 0. The summed E-state index contributed by atoms with van der Waals surface area (Å²) < 4.78 is 17.7. The SMILES string of the molecule is Clc1ccc2c(c1)-c1nn(CC3CCCO3)cc1Cc1c(-c3cnn(CC4CCOCC4)c3)ncn1-2. The summed E-state index contributed by atoms with van der Waals surface area (Å²) in [5.74, 6) is 0.611. The summed E-state index contributed by atoms with van der Waals surface area (Å²) in [5, 5.41) is 10.4. The fourth-order valence-electron chi connectivity index (χ4n) is 5.77. The van der Waals surface area contributed by atoms with E-state index in [2.05, 4.69) is 32.8 Å². The van der Waals surface area contributed by atoms with Crippen LogP contribution in [0.4, 0.5) is 0 Å². The van der Waals surface area contributed by atoms with Gasteiger partial charge in [0.15, 0.2) is 0 Å². The zero-order chi connectivity index (χ0) is 24.1. The molecule has 3 aliphatic rings. The second-order valence-electron chi connectivity index (χ2n) is 10.1. The Morgan fingerprint density at radius 1 is 1.00 bits per heavy atom. The second-order valence-corrected chi connectivity index (χ2v) is 10.6. The molecule has 1 atom stereocenters. The zero-order valence-electron chi connectivity index (χ0n) is 20.1. The molecule has 2 saturated heterocycles. The molecule has 0 saturated carbocycles. The first-order valence-corrected chi connectivity index (χ1v) is 13.2. The van der Waals surface area contributed by atoms with Crippen LogP contribution in [0.1, 0.15) is 36.9 Å². The molecule has 0 amide bonds. The lowest BCUT2D eigenvalue weighted by Crippen LogP contribution is -2.20. The Bertz CT molecular complexity index is 1390. The van der Waals surface area contributed by atoms with Crippen molar-refractivity contribution in [1.82, 2.24) is 29.1 Å². The van der Waals surface area contributed by atoms with Crippen LogP contribution in [0, 0.1) is 5.92 Å². The maximum atomic E-state index is 6.45. The quantitative estimate of drug-likeness (QED) is 0.345. The minimum Gasteiger partial charge on any atom is -0.381 e. The third kappa shape index (κ3) is 4.07. The van der Waals surface area contributed by atoms with E-state index < -0.39 is 0 Å². The van der Waals surface area contributed by atoms with Crippen molar-refractivity contribution in [2.45, 2.75) is 51.3 Å². The van der Waals surface area contributed by atoms with Crippen molar-refractivity contribution in [3.8, 4) is 28.2 Å². The van der Waals surface area contributed by atoms with Gasteiger partial charge in [0.2, 0.25) is 0 Å². The molecule has 8 nitrogen and oxygen atoms in total. The highest BCUT2D eigenvalue weighted by molar-refractivity contribution is 6.31. The van der Waals surface area contributed by atoms with Gasteiger partial charge in [0.25, 0.3) is 0 Å². The van der Waals surface area contributed by atoms with Gasteiger partial charge in [0, 0.05) is 66.9 Å². The van der Waals surface area contributed by atoms with Gasteiger partial charge in [-0.15, -0.1) is 0 Å². The van der Waals surface area contributed by atoms with E-state index in [0.29, 0.717) is 10.9 Å². The Balaban J connectivity index is 1.26. The lowest BCUT2D eigenvalue weighted by Gasteiger charge is -2.21. The Morgan fingerprint density at radius 3 is 2.78 bits per heavy atom. The topological polar surface area (TPSA) is 71.9 Å². The van der Waals surface area contributed by atoms with Crippen LogP contribution < -0.4 is 0 Å². The van der Waals surface area contributed by atoms with E-state index in [1.54, 1.807) is 0 Å². The summed E-state index contributed by atoms with van der Waals surface area (Å²) in [5.41, 5.74) is 7.38. The van der Waals surface area contributed by atoms with E-state index in [-0.39, 0.29) is 6.10 Å². The maximum absolute atomic E-state index is 6.45. The zero-order valence-corrected chi connectivity index (χ0v) is 20.9. The molecular formula is C27H29ClN6O2. The fourth-order valence-corrected chi connectivity index (χ4v) is 5.94. The normalized spacial score (nSPS) is 19.6. The molecule has 0 spiro atoms. The number of rotatable bonds is 5. The first-order chi connectivity index (χ1) is 17.7. The van der Waals surface area contributed by atoms with Crippen molar-refractivity contribution < 1.29 is 9.47 Å². The van der Waals surface area contributed by atoms with Crippen molar-refractivity contribution in [3.05, 3.63) is 59.4 Å². The molecule has 3 aromatic heterocycles. The number of fused-ring (bicyclic) bond motifs is 5. The molecule has 186 valence electrons. The van der Waals surface area contributed by atoms with Gasteiger partial charge in [-0.2, -0.15) is 10.2 Å². The van der Waals surface area contributed by atoms with Gasteiger partial charge in [0.1, 0.15) is 6.33 Å². The maximum Gasteiger partial charge on any atom is 0.100 e. The highest BCUT2D eigenvalue weighted by atomic mass is 35.5. The van der Waals surface area contributed by atoms with E-state index in [1.807, 2.05) is 29.3 Å². The van der Waals surface area contributed by atoms with Gasteiger partial charge in [-0.3, -0.25) is 9.36 Å². The smallest absolute Gasteiger partial charge is 0.100 e. The molecular weight excluding hydrogens is 476 g/mol. The molecule has 0 bridgehead atoms. The summed E-state index contributed by atoms with van der Waals surface area (Å²) in [4.78, 5) is 4.86. The lowest BCUT2D eigenvalue weighted by molar-refractivity contribution is 0.0601. The summed E-state index contributed by atoms with van der Waals surface area (Å²) in [6.07, 6.45) is 13.5. The van der Waals surface area contributed by atoms with E-state index in [1.165, 1.54) is 5.56 Å². The molecule has 0 N–H and O–H groups in total. The minimum absolute atomic E-state index is 0.232. The highest BCUT2D eigenvalue weighted by Crippen LogP contribution is 2.38. The number of halogens is 1. The average Bonchev–Trinajstić information content (AvgIpc) is 3.68. The molecule has 1 aromatic carbocycles. The van der Waals surface area contributed by atoms with E-state index in [9.17, 15) is 0 Å². The molecule has 36 heavy (non-hydrogen) atoms. The molecule has 1 unspecified atom stereocenters. The van der Waals surface area contributed by atoms with Gasteiger partial charge in [-0.25, -0.2) is 4.98 Å². The second kappa shape index (κ2) is 9.18. The average molecular weight is 505 g/mol. The number of benzene rings is 1. The summed E-state index contributed by atoms with van der Waals surface area (Å²) >= 11 is 6.45. The van der Waals surface area contributed by atoms with Gasteiger partial charge >= 0.3 is 0 Å². The van der Waals surface area contributed by atoms with Gasteiger partial charge in [-0.1, -0.05) is 11.6 Å². The molecule has 3 aliphatic heterocycles. The summed E-state index contributed by atoms with van der Waals surface area (Å²) in [6, 6.07) is 6.01. The summed E-state index contributed by atoms with van der Waals surface area (Å²) in [6.45, 7) is 4.23. The standard InChI is InChI=1S/C27H29ClN6O2/c28-21-3-4-24-23(11-21)26-19(14-33(31-26)16-22-2-1-7-36-22)10-25-27(29-17-34(24)25)20-12-30-32(15-20)13-18-5-8-35-9-6-18/h3-4,11-12,14-15,17-18,22H,1-2,5-10,13,16H2. The van der Waals surface area contributed by atoms with Crippen molar-refractivity contribution in [3.63, 3.8) is 0 Å². The molecule has 0 aliphatic carbocycles. The van der Waals surface area contributed by atoms with Crippen LogP contribution in [0.3, 0.4) is 0 Å². The Labute approximate surface area is 214 Å². The van der Waals surface area contributed by atoms with Crippen LogP contribution in [-0.2, 0) is 29.0 Å². The van der Waals surface area contributed by atoms with Crippen molar-refractivity contribution in [2.24, 2.45) is 5.92 Å². The van der Waals surface area contributed by atoms with Crippen LogP contribution in [0.5, 0.6) is 0 Å². The minimum atomic E-state index is 0.232. The number of hydrogen-bond acceptors (Lipinski definition) is 5. The van der Waals surface area contributed by atoms with Crippen molar-refractivity contribution >= 4 is 11.6 Å². The first-order valence-electron chi connectivity index (χ1n) is 12.9. The molecule has 6 heterocycles. The Morgan fingerprint density at radius 2 is 1.92 bits per heavy atom. The van der Waals surface area contributed by atoms with Crippen molar-refractivity contribution in [2.75, 3.05) is 19.8 Å². The number of hydrogen-bond donors (Lipinski definition) is 0. The Hall–Kier alpha value is -2.94. The number of nitrogens with zero attached hydrogens (tertiary/aromatic N) is 6. The fraction of sp³-hybridized carbons (Fsp3) is 0.444. The van der Waals surface area contributed by atoms with E-state index >= 15 is 0 Å². The largest absolute Gasteiger partial charge is 0.381 e. The number of aromatic nitrogens is 6. The van der Waals surface area contributed by atoms with Crippen LogP contribution in [0.25, 0.3) is 28.2 Å².